The zero-order valence-electron chi connectivity index (χ0n) is 12.8. The maximum absolute atomic E-state index is 13.0. The minimum atomic E-state index is -0.231. The first kappa shape index (κ1) is 14.7. The van der Waals surface area contributed by atoms with E-state index in [9.17, 15) is 4.39 Å². The van der Waals surface area contributed by atoms with Gasteiger partial charge in [-0.1, -0.05) is 6.07 Å². The fourth-order valence-electron chi connectivity index (χ4n) is 2.50. The quantitative estimate of drug-likeness (QED) is 0.679. The Morgan fingerprint density at radius 3 is 2.23 bits per heavy atom. The minimum Gasteiger partial charge on any atom is -0.332 e. The average molecular weight is 312 g/mol. The van der Waals surface area contributed by atoms with Crippen molar-refractivity contribution in [1.82, 2.24) is 4.98 Å². The number of benzene rings is 2. The Morgan fingerprint density at radius 1 is 0.955 bits per heavy atom. The van der Waals surface area contributed by atoms with E-state index in [0.717, 1.165) is 27.0 Å². The van der Waals surface area contributed by atoms with Gasteiger partial charge < -0.3 is 5.32 Å². The van der Waals surface area contributed by atoms with Gasteiger partial charge in [0.05, 0.1) is 5.69 Å². The molecular formula is C18H17FN2S. The number of nitrogens with zero attached hydrogens (tertiary/aromatic N) is 1. The first-order chi connectivity index (χ1) is 10.5. The molecule has 4 heteroatoms. The third-order valence-corrected chi connectivity index (χ3v) is 4.27. The lowest BCUT2D eigenvalue weighted by Crippen LogP contribution is -1.91. The Balaban J connectivity index is 1.90. The molecule has 0 bridgehead atoms. The summed E-state index contributed by atoms with van der Waals surface area (Å²) in [6, 6.07) is 12.8. The van der Waals surface area contributed by atoms with Gasteiger partial charge in [0.15, 0.2) is 5.13 Å². The lowest BCUT2D eigenvalue weighted by Gasteiger charge is -2.05. The average Bonchev–Trinajstić information content (AvgIpc) is 2.79. The Hall–Kier alpha value is -2.20. The fraction of sp³-hybridized carbons (Fsp3) is 0.167. The monoisotopic (exact) mass is 312 g/mol. The SMILES string of the molecule is Cc1cc(C)cc(Nc2nc(-c3ccc(F)cc3)c(C)s2)c1. The number of hydrogen-bond donors (Lipinski definition) is 1. The molecule has 0 spiro atoms. The summed E-state index contributed by atoms with van der Waals surface area (Å²) < 4.78 is 13.0. The second kappa shape index (κ2) is 5.89. The molecule has 2 aromatic carbocycles. The number of thiazole rings is 1. The molecule has 22 heavy (non-hydrogen) atoms. The highest BCUT2D eigenvalue weighted by Crippen LogP contribution is 2.32. The van der Waals surface area contributed by atoms with Crippen molar-refractivity contribution < 1.29 is 4.39 Å². The molecule has 1 heterocycles. The van der Waals surface area contributed by atoms with E-state index in [4.69, 9.17) is 0 Å². The molecule has 112 valence electrons. The minimum absolute atomic E-state index is 0.231. The van der Waals surface area contributed by atoms with Crippen molar-refractivity contribution in [2.24, 2.45) is 0 Å². The van der Waals surface area contributed by atoms with Crippen LogP contribution in [0.25, 0.3) is 11.3 Å². The Labute approximate surface area is 133 Å². The molecular weight excluding hydrogens is 295 g/mol. The van der Waals surface area contributed by atoms with E-state index in [2.05, 4.69) is 42.3 Å². The lowest BCUT2D eigenvalue weighted by atomic mass is 10.1. The number of aromatic nitrogens is 1. The van der Waals surface area contributed by atoms with Gasteiger partial charge in [-0.2, -0.15) is 0 Å². The molecule has 0 aliphatic rings. The molecule has 0 amide bonds. The largest absolute Gasteiger partial charge is 0.332 e. The van der Waals surface area contributed by atoms with Crippen LogP contribution in [-0.4, -0.2) is 4.98 Å². The molecule has 3 aromatic rings. The van der Waals surface area contributed by atoms with E-state index >= 15 is 0 Å². The zero-order chi connectivity index (χ0) is 15.7. The standard InChI is InChI=1S/C18H17FN2S/c1-11-8-12(2)10-16(9-11)20-18-21-17(13(3)22-18)14-4-6-15(19)7-5-14/h4-10H,1-3H3,(H,20,21). The smallest absolute Gasteiger partial charge is 0.187 e. The Kier molecular flexibility index (Phi) is 3.94. The van der Waals surface area contributed by atoms with Crippen molar-refractivity contribution in [2.75, 3.05) is 5.32 Å². The number of aryl methyl sites for hydroxylation is 3. The van der Waals surface area contributed by atoms with Crippen LogP contribution in [0.2, 0.25) is 0 Å². The zero-order valence-corrected chi connectivity index (χ0v) is 13.6. The van der Waals surface area contributed by atoms with Gasteiger partial charge in [0.25, 0.3) is 0 Å². The van der Waals surface area contributed by atoms with Crippen LogP contribution in [0, 0.1) is 26.6 Å². The molecule has 0 unspecified atom stereocenters. The third-order valence-electron chi connectivity index (χ3n) is 3.39. The summed E-state index contributed by atoms with van der Waals surface area (Å²) in [4.78, 5) is 5.76. The van der Waals surface area contributed by atoms with Crippen molar-refractivity contribution >= 4 is 22.2 Å². The van der Waals surface area contributed by atoms with Gasteiger partial charge in [0.1, 0.15) is 5.82 Å². The summed E-state index contributed by atoms with van der Waals surface area (Å²) in [6.07, 6.45) is 0. The summed E-state index contributed by atoms with van der Waals surface area (Å²) in [5.74, 6) is -0.231. The molecule has 0 saturated heterocycles. The summed E-state index contributed by atoms with van der Waals surface area (Å²) in [6.45, 7) is 6.19. The summed E-state index contributed by atoms with van der Waals surface area (Å²) in [5, 5.41) is 4.21. The molecule has 0 atom stereocenters. The van der Waals surface area contributed by atoms with Crippen LogP contribution < -0.4 is 5.32 Å². The van der Waals surface area contributed by atoms with Crippen molar-refractivity contribution in [3.63, 3.8) is 0 Å². The highest BCUT2D eigenvalue weighted by Gasteiger charge is 2.10. The molecule has 1 aromatic heterocycles. The molecule has 0 aliphatic heterocycles. The Morgan fingerprint density at radius 2 is 1.59 bits per heavy atom. The first-order valence-electron chi connectivity index (χ1n) is 7.10. The maximum atomic E-state index is 13.0. The van der Waals surface area contributed by atoms with E-state index in [-0.39, 0.29) is 5.82 Å². The van der Waals surface area contributed by atoms with Crippen LogP contribution in [0.1, 0.15) is 16.0 Å². The van der Waals surface area contributed by atoms with E-state index in [1.807, 2.05) is 6.92 Å². The predicted octanol–water partition coefficient (Wildman–Crippen LogP) is 5.62. The van der Waals surface area contributed by atoms with E-state index < -0.39 is 0 Å². The van der Waals surface area contributed by atoms with Gasteiger partial charge >= 0.3 is 0 Å². The third kappa shape index (κ3) is 3.17. The van der Waals surface area contributed by atoms with Crippen molar-refractivity contribution in [3.05, 3.63) is 64.3 Å². The molecule has 0 saturated carbocycles. The van der Waals surface area contributed by atoms with Crippen LogP contribution in [0.4, 0.5) is 15.2 Å². The summed E-state index contributed by atoms with van der Waals surface area (Å²) >= 11 is 1.60. The fourth-order valence-corrected chi connectivity index (χ4v) is 3.35. The van der Waals surface area contributed by atoms with Gasteiger partial charge in [-0.3, -0.25) is 0 Å². The molecule has 0 fully saturated rings. The van der Waals surface area contributed by atoms with Gasteiger partial charge in [0, 0.05) is 16.1 Å². The number of halogens is 1. The van der Waals surface area contributed by atoms with Gasteiger partial charge in [-0.15, -0.1) is 11.3 Å². The molecule has 0 radical (unpaired) electrons. The van der Waals surface area contributed by atoms with Crippen LogP contribution in [-0.2, 0) is 0 Å². The second-order valence-electron chi connectivity index (χ2n) is 5.43. The molecule has 1 N–H and O–H groups in total. The molecule has 2 nitrogen and oxygen atoms in total. The van der Waals surface area contributed by atoms with Gasteiger partial charge in [-0.05, 0) is 68.3 Å². The maximum Gasteiger partial charge on any atom is 0.187 e. The molecule has 3 rings (SSSR count). The topological polar surface area (TPSA) is 24.9 Å². The predicted molar refractivity (Wildman–Crippen MR) is 91.4 cm³/mol. The Bertz CT molecular complexity index is 786. The first-order valence-corrected chi connectivity index (χ1v) is 7.91. The number of hydrogen-bond acceptors (Lipinski definition) is 3. The summed E-state index contributed by atoms with van der Waals surface area (Å²) in [7, 11) is 0. The number of rotatable bonds is 3. The normalized spacial score (nSPS) is 10.7. The highest BCUT2D eigenvalue weighted by molar-refractivity contribution is 7.16. The van der Waals surface area contributed by atoms with Gasteiger partial charge in [-0.25, -0.2) is 9.37 Å². The van der Waals surface area contributed by atoms with E-state index in [0.29, 0.717) is 0 Å². The second-order valence-corrected chi connectivity index (χ2v) is 6.64. The van der Waals surface area contributed by atoms with E-state index in [1.54, 1.807) is 23.5 Å². The van der Waals surface area contributed by atoms with Crippen LogP contribution >= 0.6 is 11.3 Å². The lowest BCUT2D eigenvalue weighted by molar-refractivity contribution is 0.628. The summed E-state index contributed by atoms with van der Waals surface area (Å²) in [5.41, 5.74) is 5.31. The highest BCUT2D eigenvalue weighted by atomic mass is 32.1. The van der Waals surface area contributed by atoms with Crippen molar-refractivity contribution in [1.29, 1.82) is 0 Å². The number of anilines is 2. The van der Waals surface area contributed by atoms with Crippen LogP contribution in [0.5, 0.6) is 0 Å². The van der Waals surface area contributed by atoms with Crippen LogP contribution in [0.15, 0.2) is 42.5 Å². The van der Waals surface area contributed by atoms with E-state index in [1.165, 1.54) is 23.3 Å². The van der Waals surface area contributed by atoms with Crippen molar-refractivity contribution in [2.45, 2.75) is 20.8 Å². The van der Waals surface area contributed by atoms with Crippen molar-refractivity contribution in [3.8, 4) is 11.3 Å². The van der Waals surface area contributed by atoms with Gasteiger partial charge in [0.2, 0.25) is 0 Å². The van der Waals surface area contributed by atoms with Crippen LogP contribution in [0.3, 0.4) is 0 Å². The molecule has 0 aliphatic carbocycles. The number of nitrogens with one attached hydrogen (secondary N) is 1.